The zero-order valence-electron chi connectivity index (χ0n) is 13.9. The molecule has 1 heterocycles. The largest absolute Gasteiger partial charge is 0.452 e. The van der Waals surface area contributed by atoms with Gasteiger partial charge >= 0.3 is 6.18 Å². The van der Waals surface area contributed by atoms with Crippen LogP contribution in [0, 0.1) is 0 Å². The maximum atomic E-state index is 13.1. The second-order valence-electron chi connectivity index (χ2n) is 6.28. The average molecular weight is 369 g/mol. The number of nitrogens with zero attached hydrogens (tertiary/aromatic N) is 1. The molecule has 3 aromatic rings. The quantitative estimate of drug-likeness (QED) is 0.693. The molecule has 1 atom stereocenters. The van der Waals surface area contributed by atoms with Crippen LogP contribution in [0.4, 0.5) is 18.9 Å². The van der Waals surface area contributed by atoms with E-state index in [1.54, 1.807) is 60.7 Å². The molecule has 6 heteroatoms. The van der Waals surface area contributed by atoms with Gasteiger partial charge in [0, 0.05) is 10.9 Å². The molecule has 0 spiro atoms. The summed E-state index contributed by atoms with van der Waals surface area (Å²) in [7, 11) is 0. The molecule has 0 radical (unpaired) electrons. The van der Waals surface area contributed by atoms with Gasteiger partial charge in [0.1, 0.15) is 6.04 Å². The summed E-state index contributed by atoms with van der Waals surface area (Å²) in [5.41, 5.74) is 1.90. The minimum Gasteiger partial charge on any atom is -0.287 e. The van der Waals surface area contributed by atoms with Gasteiger partial charge in [-0.25, -0.2) is 5.06 Å². The monoisotopic (exact) mass is 369 g/mol. The predicted octanol–water partition coefficient (Wildman–Crippen LogP) is 4.98. The number of halogens is 3. The summed E-state index contributed by atoms with van der Waals surface area (Å²) in [6.07, 6.45) is -3.89. The lowest BCUT2D eigenvalue weighted by Gasteiger charge is -2.33. The third-order valence-electron chi connectivity index (χ3n) is 4.64. The van der Waals surface area contributed by atoms with Crippen LogP contribution in [0.3, 0.4) is 0 Å². The van der Waals surface area contributed by atoms with Gasteiger partial charge < -0.3 is 0 Å². The molecule has 0 amide bonds. The number of carbonyl (C=O) groups excluding carboxylic acids is 1. The molecule has 1 aliphatic heterocycles. The lowest BCUT2D eigenvalue weighted by Crippen LogP contribution is -2.46. The van der Waals surface area contributed by atoms with E-state index in [-0.39, 0.29) is 5.69 Å². The number of rotatable bonds is 2. The highest BCUT2D eigenvalue weighted by Crippen LogP contribution is 2.42. The minimum absolute atomic E-state index is 0.192. The van der Waals surface area contributed by atoms with E-state index < -0.39 is 18.0 Å². The van der Waals surface area contributed by atoms with Crippen LogP contribution in [0.2, 0.25) is 0 Å². The zero-order chi connectivity index (χ0) is 19.2. The maximum Gasteiger partial charge on any atom is 0.452 e. The van der Waals surface area contributed by atoms with Gasteiger partial charge in [0.25, 0.3) is 5.78 Å². The van der Waals surface area contributed by atoms with Gasteiger partial charge in [0.2, 0.25) is 0 Å². The third-order valence-corrected chi connectivity index (χ3v) is 4.64. The van der Waals surface area contributed by atoms with E-state index in [9.17, 15) is 23.2 Å². The molecular formula is C21H14F3NO2. The Kier molecular flexibility index (Phi) is 4.00. The molecule has 1 aliphatic rings. The van der Waals surface area contributed by atoms with E-state index in [4.69, 9.17) is 0 Å². The molecule has 136 valence electrons. The van der Waals surface area contributed by atoms with Crippen LogP contribution in [0.25, 0.3) is 16.3 Å². The Morgan fingerprint density at radius 3 is 2.30 bits per heavy atom. The van der Waals surface area contributed by atoms with Crippen molar-refractivity contribution in [3.8, 4) is 0 Å². The molecule has 3 nitrogen and oxygen atoms in total. The van der Waals surface area contributed by atoms with E-state index in [0.29, 0.717) is 27.1 Å². The van der Waals surface area contributed by atoms with Crippen LogP contribution < -0.4 is 5.06 Å². The van der Waals surface area contributed by atoms with Crippen LogP contribution >= 0.6 is 0 Å². The first-order valence-electron chi connectivity index (χ1n) is 8.26. The van der Waals surface area contributed by atoms with Gasteiger partial charge in [-0.3, -0.25) is 10.0 Å². The van der Waals surface area contributed by atoms with Crippen molar-refractivity contribution >= 4 is 27.8 Å². The molecular weight excluding hydrogens is 355 g/mol. The summed E-state index contributed by atoms with van der Waals surface area (Å²) in [5.74, 6) is -2.02. The summed E-state index contributed by atoms with van der Waals surface area (Å²) in [4.78, 5) is 12.0. The topological polar surface area (TPSA) is 40.5 Å². The highest BCUT2D eigenvalue weighted by molar-refractivity contribution is 6.07. The van der Waals surface area contributed by atoms with Crippen molar-refractivity contribution in [2.45, 2.75) is 12.2 Å². The molecule has 0 bridgehead atoms. The summed E-state index contributed by atoms with van der Waals surface area (Å²) >= 11 is 0. The van der Waals surface area contributed by atoms with Crippen LogP contribution in [-0.4, -0.2) is 23.2 Å². The summed E-state index contributed by atoms with van der Waals surface area (Å²) in [5, 5.41) is 12.3. The Balaban J connectivity index is 2.00. The number of alkyl halides is 3. The Morgan fingerprint density at radius 2 is 1.59 bits per heavy atom. The lowest BCUT2D eigenvalue weighted by molar-refractivity contribution is -0.172. The highest BCUT2D eigenvalue weighted by Gasteiger charge is 2.47. The van der Waals surface area contributed by atoms with Gasteiger partial charge in [-0.15, -0.1) is 0 Å². The van der Waals surface area contributed by atoms with E-state index in [1.807, 2.05) is 6.07 Å². The summed E-state index contributed by atoms with van der Waals surface area (Å²) in [6.45, 7) is 0. The number of hydrogen-bond donors (Lipinski definition) is 1. The molecule has 1 N–H and O–H groups in total. The number of ketones is 1. The third kappa shape index (κ3) is 2.88. The first-order valence-corrected chi connectivity index (χ1v) is 8.26. The Bertz CT molecular complexity index is 1060. The average Bonchev–Trinajstić information content (AvgIpc) is 2.67. The van der Waals surface area contributed by atoms with E-state index in [2.05, 4.69) is 0 Å². The lowest BCUT2D eigenvalue weighted by atomic mass is 9.88. The number of hydrogen-bond acceptors (Lipinski definition) is 3. The smallest absolute Gasteiger partial charge is 0.287 e. The fourth-order valence-corrected chi connectivity index (χ4v) is 3.40. The maximum absolute atomic E-state index is 13.1. The molecule has 27 heavy (non-hydrogen) atoms. The van der Waals surface area contributed by atoms with Gasteiger partial charge in [-0.05, 0) is 22.6 Å². The number of hydroxylamine groups is 1. The molecule has 1 unspecified atom stereocenters. The summed E-state index contributed by atoms with van der Waals surface area (Å²) in [6, 6.07) is 17.6. The summed E-state index contributed by atoms with van der Waals surface area (Å²) < 4.78 is 39.3. The van der Waals surface area contributed by atoms with Crippen LogP contribution in [0.15, 0.2) is 72.8 Å². The first kappa shape index (κ1) is 17.3. The number of carbonyl (C=O) groups is 1. The number of benzene rings is 3. The molecule has 0 aromatic heterocycles. The SMILES string of the molecule is O=C(C1C=C(c2ccccc2)c2ccc3ccccc3c2N1O)C(F)(F)F. The first-order chi connectivity index (χ1) is 12.9. The molecule has 4 rings (SSSR count). The fourth-order valence-electron chi connectivity index (χ4n) is 3.40. The Morgan fingerprint density at radius 1 is 0.926 bits per heavy atom. The molecule has 0 fully saturated rings. The molecule has 0 aliphatic carbocycles. The van der Waals surface area contributed by atoms with Crippen molar-refractivity contribution in [2.24, 2.45) is 0 Å². The standard InChI is InChI=1S/C21H14F3NO2/c22-21(23,24)20(26)18-12-17(13-6-2-1-3-7-13)16-11-10-14-8-4-5-9-15(14)19(16)25(18)27/h1-12,18,27H. The van der Waals surface area contributed by atoms with E-state index >= 15 is 0 Å². The van der Waals surface area contributed by atoms with Crippen LogP contribution in [-0.2, 0) is 4.79 Å². The predicted molar refractivity (Wildman–Crippen MR) is 96.6 cm³/mol. The number of anilines is 1. The fraction of sp³-hybridized carbons (Fsp3) is 0.0952. The van der Waals surface area contributed by atoms with Crippen molar-refractivity contribution in [3.05, 3.63) is 83.9 Å². The second kappa shape index (κ2) is 6.25. The van der Waals surface area contributed by atoms with Crippen molar-refractivity contribution in [1.29, 1.82) is 0 Å². The second-order valence-corrected chi connectivity index (χ2v) is 6.28. The Labute approximate surface area is 152 Å². The highest BCUT2D eigenvalue weighted by atomic mass is 19.4. The van der Waals surface area contributed by atoms with Gasteiger partial charge in [-0.2, -0.15) is 13.2 Å². The van der Waals surface area contributed by atoms with Gasteiger partial charge in [0.05, 0.1) is 5.69 Å². The van der Waals surface area contributed by atoms with Crippen LogP contribution in [0.5, 0.6) is 0 Å². The van der Waals surface area contributed by atoms with E-state index in [1.165, 1.54) is 6.08 Å². The van der Waals surface area contributed by atoms with Crippen molar-refractivity contribution in [3.63, 3.8) is 0 Å². The Hall–Kier alpha value is -3.12. The normalized spacial score (nSPS) is 16.8. The number of Topliss-reactive ketones (excluding diaryl/α,β-unsaturated/α-hetero) is 1. The molecule has 0 saturated carbocycles. The van der Waals surface area contributed by atoms with Crippen molar-refractivity contribution in [1.82, 2.24) is 0 Å². The molecule has 3 aromatic carbocycles. The molecule has 0 saturated heterocycles. The van der Waals surface area contributed by atoms with Crippen molar-refractivity contribution < 1.29 is 23.2 Å². The van der Waals surface area contributed by atoms with Crippen LogP contribution in [0.1, 0.15) is 11.1 Å². The van der Waals surface area contributed by atoms with Gasteiger partial charge in [-0.1, -0.05) is 66.7 Å². The zero-order valence-corrected chi connectivity index (χ0v) is 13.9. The van der Waals surface area contributed by atoms with E-state index in [0.717, 1.165) is 5.39 Å². The number of fused-ring (bicyclic) bond motifs is 3. The minimum atomic E-state index is -5.06. The van der Waals surface area contributed by atoms with Gasteiger partial charge in [0.15, 0.2) is 0 Å². The van der Waals surface area contributed by atoms with Crippen molar-refractivity contribution in [2.75, 3.05) is 5.06 Å².